The van der Waals surface area contributed by atoms with Crippen LogP contribution in [0.25, 0.3) is 0 Å². The van der Waals surface area contributed by atoms with Gasteiger partial charge in [0.25, 0.3) is 5.91 Å². The van der Waals surface area contributed by atoms with Crippen molar-refractivity contribution in [3.05, 3.63) is 124 Å². The van der Waals surface area contributed by atoms with Crippen molar-refractivity contribution in [3.8, 4) is 0 Å². The molecule has 4 aromatic carbocycles. The minimum absolute atomic E-state index is 0.173. The highest BCUT2D eigenvalue weighted by Gasteiger charge is 2.38. The fraction of sp³-hybridized carbons (Fsp3) is 0.161. The van der Waals surface area contributed by atoms with Crippen molar-refractivity contribution in [2.45, 2.75) is 12.5 Å². The molecule has 0 fully saturated rings. The third kappa shape index (κ3) is 6.02. The summed E-state index contributed by atoms with van der Waals surface area (Å²) in [4.78, 5) is 27.5. The summed E-state index contributed by atoms with van der Waals surface area (Å²) < 4.78 is 8.95. The molecule has 0 spiro atoms. The molecule has 0 unspecified atom stereocenters. The lowest BCUT2D eigenvalue weighted by Crippen LogP contribution is -2.39. The first-order chi connectivity index (χ1) is 19.2. The van der Waals surface area contributed by atoms with Crippen LogP contribution in [0.4, 0.5) is 11.4 Å². The summed E-state index contributed by atoms with van der Waals surface area (Å²) in [5.41, 5.74) is 10.00. The molecule has 0 aliphatic rings. The Morgan fingerprint density at radius 2 is 1.25 bits per heavy atom. The summed E-state index contributed by atoms with van der Waals surface area (Å²) in [6.07, 6.45) is 0. The molecule has 0 aliphatic heterocycles. The Morgan fingerprint density at radius 3 is 1.65 bits per heavy atom. The van der Waals surface area contributed by atoms with E-state index in [2.05, 4.69) is 109 Å². The zero-order valence-electron chi connectivity index (χ0n) is 22.0. The van der Waals surface area contributed by atoms with Gasteiger partial charge in [0.05, 0.1) is 34.3 Å². The largest absolute Gasteiger partial charge is 0.397 e. The molecule has 40 heavy (non-hydrogen) atoms. The number of hydrogen-bond donors (Lipinski definition) is 2. The molecule has 3 N–H and O–H groups in total. The number of ether oxygens (including phenoxy) is 1. The average molecular weight is 871 g/mol. The van der Waals surface area contributed by atoms with Gasteiger partial charge in [-0.15, -0.1) is 0 Å². The number of benzene rings is 4. The van der Waals surface area contributed by atoms with Crippen molar-refractivity contribution in [1.29, 1.82) is 0 Å². The number of nitrogens with zero attached hydrogens (tertiary/aromatic N) is 1. The number of hydrogen-bond acceptors (Lipinski definition) is 4. The second-order valence-electron chi connectivity index (χ2n) is 8.96. The second kappa shape index (κ2) is 13.6. The first-order valence-corrected chi connectivity index (χ1v) is 15.7. The van der Waals surface area contributed by atoms with Gasteiger partial charge in [-0.1, -0.05) is 91.0 Å². The molecular formula is C31H28I3N3O3. The standard InChI is InChI=1S/C31H28I3N3O3/c1-20(38)37(29-26(33)24(30(39)36-2)25(32)28(35)27(29)34)18-19-40-31(21-12-6-3-7-13-21,22-14-8-4-9-15-22)23-16-10-5-11-17-23/h3-17H,18-19,35H2,1-2H3,(H,36,39). The van der Waals surface area contributed by atoms with Gasteiger partial charge in [-0.05, 0) is 84.5 Å². The van der Waals surface area contributed by atoms with Gasteiger partial charge < -0.3 is 20.7 Å². The van der Waals surface area contributed by atoms with E-state index in [0.29, 0.717) is 24.1 Å². The molecule has 0 heterocycles. The molecule has 0 aromatic heterocycles. The smallest absolute Gasteiger partial charge is 0.253 e. The molecule has 2 amide bonds. The Labute approximate surface area is 275 Å². The zero-order valence-corrected chi connectivity index (χ0v) is 28.4. The molecule has 4 rings (SSSR count). The van der Waals surface area contributed by atoms with Gasteiger partial charge in [0.15, 0.2) is 0 Å². The number of amides is 2. The highest BCUT2D eigenvalue weighted by Crippen LogP contribution is 2.42. The van der Waals surface area contributed by atoms with Gasteiger partial charge in [-0.3, -0.25) is 9.59 Å². The summed E-state index contributed by atoms with van der Waals surface area (Å²) in [5.74, 6) is -0.429. The van der Waals surface area contributed by atoms with Crippen molar-refractivity contribution in [2.24, 2.45) is 0 Å². The summed E-state index contributed by atoms with van der Waals surface area (Å²) in [5, 5.41) is 2.69. The molecule has 0 atom stereocenters. The molecule has 0 radical (unpaired) electrons. The van der Waals surface area contributed by atoms with Crippen LogP contribution in [-0.4, -0.2) is 32.0 Å². The van der Waals surface area contributed by atoms with Gasteiger partial charge in [-0.2, -0.15) is 0 Å². The van der Waals surface area contributed by atoms with Crippen LogP contribution in [0.2, 0.25) is 0 Å². The molecule has 0 aliphatic carbocycles. The molecular weight excluding hydrogens is 843 g/mol. The molecule has 6 nitrogen and oxygen atoms in total. The van der Waals surface area contributed by atoms with Gasteiger partial charge >= 0.3 is 0 Å². The highest BCUT2D eigenvalue weighted by molar-refractivity contribution is 14.1. The van der Waals surface area contributed by atoms with Crippen LogP contribution in [0.3, 0.4) is 0 Å². The van der Waals surface area contributed by atoms with Gasteiger partial charge in [-0.25, -0.2) is 0 Å². The van der Waals surface area contributed by atoms with Crippen molar-refractivity contribution < 1.29 is 14.3 Å². The summed E-state index contributed by atoms with van der Waals surface area (Å²) in [6, 6.07) is 30.3. The SMILES string of the molecule is CNC(=O)c1c(I)c(N)c(I)c(N(CCOC(c2ccccc2)(c2ccccc2)c2ccccc2)C(C)=O)c1I. The lowest BCUT2D eigenvalue weighted by atomic mass is 9.80. The summed E-state index contributed by atoms with van der Waals surface area (Å²) in [7, 11) is 1.58. The maximum atomic E-state index is 13.1. The molecule has 0 bridgehead atoms. The number of rotatable bonds is 9. The van der Waals surface area contributed by atoms with Crippen LogP contribution in [-0.2, 0) is 15.1 Å². The van der Waals surface area contributed by atoms with E-state index < -0.39 is 5.60 Å². The average Bonchev–Trinajstić information content (AvgIpc) is 2.98. The van der Waals surface area contributed by atoms with Crippen LogP contribution in [0.1, 0.15) is 34.0 Å². The molecule has 206 valence electrons. The zero-order chi connectivity index (χ0) is 28.9. The lowest BCUT2D eigenvalue weighted by Gasteiger charge is -2.37. The van der Waals surface area contributed by atoms with E-state index in [1.165, 1.54) is 6.92 Å². The summed E-state index contributed by atoms with van der Waals surface area (Å²) >= 11 is 6.37. The van der Waals surface area contributed by atoms with E-state index >= 15 is 0 Å². The number of nitrogens with two attached hydrogens (primary N) is 1. The Bertz CT molecular complexity index is 1400. The van der Waals surface area contributed by atoms with Gasteiger partial charge in [0.1, 0.15) is 5.60 Å². The van der Waals surface area contributed by atoms with Gasteiger partial charge in [0.2, 0.25) is 5.91 Å². The van der Waals surface area contributed by atoms with Crippen molar-refractivity contribution >= 4 is 91.0 Å². The summed E-state index contributed by atoms with van der Waals surface area (Å²) in [6.45, 7) is 1.98. The van der Waals surface area contributed by atoms with Crippen LogP contribution < -0.4 is 16.0 Å². The number of carbonyl (C=O) groups is 2. The topological polar surface area (TPSA) is 84.7 Å². The minimum atomic E-state index is -0.912. The van der Waals surface area contributed by atoms with E-state index in [1.807, 2.05) is 54.6 Å². The van der Waals surface area contributed by atoms with Crippen molar-refractivity contribution in [2.75, 3.05) is 30.8 Å². The molecule has 9 heteroatoms. The number of anilines is 2. The highest BCUT2D eigenvalue weighted by atomic mass is 127. The van der Waals surface area contributed by atoms with E-state index in [-0.39, 0.29) is 25.0 Å². The Hall–Kier alpha value is -2.23. The third-order valence-corrected chi connectivity index (χ3v) is 9.87. The monoisotopic (exact) mass is 871 g/mol. The quantitative estimate of drug-likeness (QED) is 0.110. The predicted molar refractivity (Wildman–Crippen MR) is 186 cm³/mol. The first-order valence-electron chi connectivity index (χ1n) is 12.5. The predicted octanol–water partition coefficient (Wildman–Crippen LogP) is 6.80. The molecule has 4 aromatic rings. The van der Waals surface area contributed by atoms with Crippen LogP contribution >= 0.6 is 67.8 Å². The Kier molecular flexibility index (Phi) is 10.5. The number of halogens is 3. The fourth-order valence-electron chi connectivity index (χ4n) is 4.72. The lowest BCUT2D eigenvalue weighted by molar-refractivity contribution is -0.116. The van der Waals surface area contributed by atoms with Crippen molar-refractivity contribution in [3.63, 3.8) is 0 Å². The number of nitrogen functional groups attached to an aromatic ring is 1. The van der Waals surface area contributed by atoms with Crippen LogP contribution in [0.5, 0.6) is 0 Å². The second-order valence-corrected chi connectivity index (χ2v) is 12.2. The van der Waals surface area contributed by atoms with E-state index in [9.17, 15) is 9.59 Å². The van der Waals surface area contributed by atoms with Crippen LogP contribution in [0, 0.1) is 10.7 Å². The van der Waals surface area contributed by atoms with E-state index in [1.54, 1.807) is 11.9 Å². The maximum absolute atomic E-state index is 13.1. The maximum Gasteiger partial charge on any atom is 0.253 e. The van der Waals surface area contributed by atoms with Crippen molar-refractivity contribution in [1.82, 2.24) is 5.32 Å². The normalized spacial score (nSPS) is 11.2. The molecule has 0 saturated heterocycles. The Morgan fingerprint density at radius 1 is 0.800 bits per heavy atom. The van der Waals surface area contributed by atoms with Gasteiger partial charge in [0, 0.05) is 20.5 Å². The first kappa shape index (κ1) is 30.7. The fourth-order valence-corrected chi connectivity index (χ4v) is 8.95. The minimum Gasteiger partial charge on any atom is -0.397 e. The molecule has 0 saturated carbocycles. The van der Waals surface area contributed by atoms with E-state index in [4.69, 9.17) is 10.5 Å². The Balaban J connectivity index is 1.80. The number of carbonyl (C=O) groups excluding carboxylic acids is 2. The van der Waals surface area contributed by atoms with E-state index in [0.717, 1.165) is 20.3 Å². The third-order valence-electron chi connectivity index (χ3n) is 6.61. The number of nitrogens with one attached hydrogen (secondary N) is 1. The van der Waals surface area contributed by atoms with Crippen LogP contribution in [0.15, 0.2) is 91.0 Å².